The number of hydrazone groups is 1. The molecule has 0 unspecified atom stereocenters. The van der Waals surface area contributed by atoms with Crippen molar-refractivity contribution in [2.45, 2.75) is 34.1 Å². The molecule has 0 radical (unpaired) electrons. The molecule has 0 atom stereocenters. The molecule has 0 rings (SSSR count). The van der Waals surface area contributed by atoms with E-state index < -0.39 is 0 Å². The first-order valence-electron chi connectivity index (χ1n) is 6.80. The van der Waals surface area contributed by atoms with Crippen molar-refractivity contribution in [2.24, 2.45) is 5.10 Å². The molecule has 0 aromatic heterocycles. The van der Waals surface area contributed by atoms with Crippen LogP contribution in [0.1, 0.15) is 34.1 Å². The van der Waals surface area contributed by atoms with Gasteiger partial charge in [-0.25, -0.2) is 0 Å². The molecule has 0 aromatic carbocycles. The lowest BCUT2D eigenvalue weighted by Crippen LogP contribution is -2.25. The van der Waals surface area contributed by atoms with Gasteiger partial charge in [0.2, 0.25) is 0 Å². The third kappa shape index (κ3) is 7.80. The van der Waals surface area contributed by atoms with Crippen LogP contribution in [0.5, 0.6) is 0 Å². The van der Waals surface area contributed by atoms with Crippen LogP contribution in [0.3, 0.4) is 0 Å². The van der Waals surface area contributed by atoms with E-state index in [9.17, 15) is 9.59 Å². The summed E-state index contributed by atoms with van der Waals surface area (Å²) in [6.45, 7) is 7.75. The van der Waals surface area contributed by atoms with E-state index in [4.69, 9.17) is 4.74 Å². The molecule has 5 nitrogen and oxygen atoms in total. The predicted octanol–water partition coefficient (Wildman–Crippen LogP) is 3.06. The minimum atomic E-state index is -0.330. The number of aldehydes is 1. The van der Waals surface area contributed by atoms with E-state index in [1.54, 1.807) is 20.9 Å². The van der Waals surface area contributed by atoms with Gasteiger partial charge in [-0.15, -0.1) is 0 Å². The van der Waals surface area contributed by atoms with Gasteiger partial charge in [0.25, 0.3) is 0 Å². The first-order chi connectivity index (χ1) is 9.85. The quantitative estimate of drug-likeness (QED) is 0.167. The van der Waals surface area contributed by atoms with Crippen LogP contribution in [0.15, 0.2) is 26.8 Å². The average molecular weight is 359 g/mol. The smallest absolute Gasteiger partial charge is 0.327 e. The van der Waals surface area contributed by atoms with Crippen LogP contribution >= 0.6 is 15.9 Å². The van der Waals surface area contributed by atoms with Crippen LogP contribution in [0.4, 0.5) is 0 Å². The zero-order valence-corrected chi connectivity index (χ0v) is 14.9. The van der Waals surface area contributed by atoms with Crippen molar-refractivity contribution in [2.75, 3.05) is 20.2 Å². The number of ether oxygens (including phenoxy) is 1. The van der Waals surface area contributed by atoms with E-state index in [1.165, 1.54) is 5.01 Å². The Bertz CT molecular complexity index is 464. The van der Waals surface area contributed by atoms with E-state index >= 15 is 0 Å². The molecule has 0 fully saturated rings. The van der Waals surface area contributed by atoms with E-state index in [1.807, 2.05) is 19.9 Å². The number of carbonyl (C=O) groups excluding carboxylic acids is 2. The van der Waals surface area contributed by atoms with Crippen LogP contribution < -0.4 is 0 Å². The van der Waals surface area contributed by atoms with Gasteiger partial charge in [-0.3, -0.25) is 14.6 Å². The van der Waals surface area contributed by atoms with Crippen molar-refractivity contribution < 1.29 is 14.3 Å². The highest BCUT2D eigenvalue weighted by molar-refractivity contribution is 9.11. The van der Waals surface area contributed by atoms with Crippen molar-refractivity contribution in [3.8, 4) is 0 Å². The minimum absolute atomic E-state index is 0.0712. The van der Waals surface area contributed by atoms with E-state index in [0.29, 0.717) is 18.6 Å². The monoisotopic (exact) mass is 358 g/mol. The van der Waals surface area contributed by atoms with Gasteiger partial charge in [-0.2, -0.15) is 5.10 Å². The SMILES string of the molecule is CCOC(=O)CN(C)N=C(CC)C(/C=C(\C)Br)=C(/C)C=O. The standard InChI is InChI=1S/C15H23BrN2O3/c1-6-14(13(8-12(4)16)11(3)10-19)17-18(5)9-15(20)21-7-2/h8,10H,6-7,9H2,1-5H3/b12-8+,13-11-,17-14?. The first-order valence-corrected chi connectivity index (χ1v) is 7.59. The number of carbonyl (C=O) groups is 2. The van der Waals surface area contributed by atoms with Crippen molar-refractivity contribution in [1.29, 1.82) is 0 Å². The van der Waals surface area contributed by atoms with Gasteiger partial charge in [0.05, 0.1) is 12.3 Å². The number of nitrogens with zero attached hydrogens (tertiary/aromatic N) is 2. The number of hydrogen-bond donors (Lipinski definition) is 0. The highest BCUT2D eigenvalue weighted by Crippen LogP contribution is 2.15. The highest BCUT2D eigenvalue weighted by Gasteiger charge is 2.10. The topological polar surface area (TPSA) is 59.0 Å². The molecule has 0 heterocycles. The summed E-state index contributed by atoms with van der Waals surface area (Å²) in [6, 6.07) is 0. The fraction of sp³-hybridized carbons (Fsp3) is 0.533. The summed E-state index contributed by atoms with van der Waals surface area (Å²) in [7, 11) is 1.70. The molecule has 21 heavy (non-hydrogen) atoms. The maximum atomic E-state index is 11.4. The van der Waals surface area contributed by atoms with Gasteiger partial charge >= 0.3 is 5.97 Å². The lowest BCUT2D eigenvalue weighted by Gasteiger charge is -2.16. The second-order valence-electron chi connectivity index (χ2n) is 4.47. The van der Waals surface area contributed by atoms with Gasteiger partial charge in [0.1, 0.15) is 12.8 Å². The maximum absolute atomic E-state index is 11.4. The second kappa shape index (κ2) is 10.3. The Balaban J connectivity index is 5.35. The average Bonchev–Trinajstić information content (AvgIpc) is 2.41. The summed E-state index contributed by atoms with van der Waals surface area (Å²) in [5, 5.41) is 5.93. The number of hydrogen-bond acceptors (Lipinski definition) is 5. The second-order valence-corrected chi connectivity index (χ2v) is 5.72. The minimum Gasteiger partial charge on any atom is -0.465 e. The third-order valence-electron chi connectivity index (χ3n) is 2.55. The lowest BCUT2D eigenvalue weighted by atomic mass is 10.0. The normalized spacial score (nSPS) is 13.6. The Hall–Kier alpha value is -1.43. The molecule has 0 aliphatic heterocycles. The molecular formula is C15H23BrN2O3. The number of halogens is 1. The predicted molar refractivity (Wildman–Crippen MR) is 88.4 cm³/mol. The molecule has 0 aliphatic carbocycles. The van der Waals surface area contributed by atoms with E-state index in [-0.39, 0.29) is 12.5 Å². The van der Waals surface area contributed by atoms with Gasteiger partial charge < -0.3 is 4.74 Å². The van der Waals surface area contributed by atoms with Crippen LogP contribution in [0.2, 0.25) is 0 Å². The third-order valence-corrected chi connectivity index (χ3v) is 2.77. The molecule has 0 saturated carbocycles. The van der Waals surface area contributed by atoms with Gasteiger partial charge in [-0.1, -0.05) is 22.9 Å². The molecule has 0 N–H and O–H groups in total. The Labute approximate surface area is 134 Å². The first kappa shape index (κ1) is 19.6. The summed E-state index contributed by atoms with van der Waals surface area (Å²) in [5.41, 5.74) is 2.10. The number of rotatable bonds is 8. The van der Waals surface area contributed by atoms with Crippen molar-refractivity contribution in [3.63, 3.8) is 0 Å². The summed E-state index contributed by atoms with van der Waals surface area (Å²) in [5.74, 6) is -0.330. The number of esters is 1. The molecule has 0 aliphatic rings. The van der Waals surface area contributed by atoms with Crippen LogP contribution in [0.25, 0.3) is 0 Å². The summed E-state index contributed by atoms with van der Waals surface area (Å²) < 4.78 is 5.78. The summed E-state index contributed by atoms with van der Waals surface area (Å²) in [6.07, 6.45) is 3.30. The fourth-order valence-corrected chi connectivity index (χ4v) is 1.87. The Kier molecular flexibility index (Phi) is 9.62. The Morgan fingerprint density at radius 3 is 2.38 bits per heavy atom. The molecule has 0 bridgehead atoms. The Morgan fingerprint density at radius 1 is 1.33 bits per heavy atom. The van der Waals surface area contributed by atoms with Gasteiger partial charge in [0, 0.05) is 12.6 Å². The molecule has 118 valence electrons. The van der Waals surface area contributed by atoms with Crippen LogP contribution in [-0.2, 0) is 14.3 Å². The highest BCUT2D eigenvalue weighted by atomic mass is 79.9. The zero-order chi connectivity index (χ0) is 16.4. The lowest BCUT2D eigenvalue weighted by molar-refractivity contribution is -0.144. The molecule has 0 aromatic rings. The Morgan fingerprint density at radius 2 is 1.95 bits per heavy atom. The maximum Gasteiger partial charge on any atom is 0.327 e. The van der Waals surface area contributed by atoms with Crippen LogP contribution in [-0.4, -0.2) is 43.2 Å². The molecular weight excluding hydrogens is 336 g/mol. The number of likely N-dealkylation sites (N-methyl/N-ethyl adjacent to an activating group) is 1. The van der Waals surface area contributed by atoms with Crippen molar-refractivity contribution in [3.05, 3.63) is 21.7 Å². The molecule has 0 spiro atoms. The van der Waals surface area contributed by atoms with Crippen molar-refractivity contribution >= 4 is 33.9 Å². The van der Waals surface area contributed by atoms with E-state index in [2.05, 4.69) is 21.0 Å². The van der Waals surface area contributed by atoms with Gasteiger partial charge in [-0.05, 0) is 43.3 Å². The molecule has 0 amide bonds. The number of allylic oxidation sites excluding steroid dienone is 4. The van der Waals surface area contributed by atoms with Crippen molar-refractivity contribution in [1.82, 2.24) is 5.01 Å². The van der Waals surface area contributed by atoms with Crippen LogP contribution in [0, 0.1) is 0 Å². The zero-order valence-electron chi connectivity index (χ0n) is 13.3. The summed E-state index contributed by atoms with van der Waals surface area (Å²) in [4.78, 5) is 22.5. The largest absolute Gasteiger partial charge is 0.465 e. The summed E-state index contributed by atoms with van der Waals surface area (Å²) >= 11 is 3.37. The van der Waals surface area contributed by atoms with Gasteiger partial charge in [0.15, 0.2) is 0 Å². The van der Waals surface area contributed by atoms with E-state index in [0.717, 1.165) is 22.1 Å². The molecule has 0 saturated heterocycles. The fourth-order valence-electron chi connectivity index (χ4n) is 1.64. The molecule has 6 heteroatoms.